The molecule has 2 atom stereocenters. The van der Waals surface area contributed by atoms with E-state index in [0.717, 1.165) is 12.8 Å². The lowest BCUT2D eigenvalue weighted by molar-refractivity contribution is -0.139. The number of urea groups is 1. The van der Waals surface area contributed by atoms with Crippen LogP contribution in [0.3, 0.4) is 0 Å². The minimum absolute atomic E-state index is 0.0476. The van der Waals surface area contributed by atoms with Crippen molar-refractivity contribution < 1.29 is 24.6 Å². The summed E-state index contributed by atoms with van der Waals surface area (Å²) in [6, 6.07) is -1.97. The van der Waals surface area contributed by atoms with Crippen LogP contribution in [-0.2, 0) is 9.59 Å². The summed E-state index contributed by atoms with van der Waals surface area (Å²) in [6.45, 7) is 0.339. The van der Waals surface area contributed by atoms with Crippen molar-refractivity contribution in [2.24, 2.45) is 5.73 Å². The molecule has 0 bridgehead atoms. The highest BCUT2D eigenvalue weighted by atomic mass is 16.4. The molecule has 1 fully saturated rings. The van der Waals surface area contributed by atoms with Crippen molar-refractivity contribution >= 4 is 17.9 Å². The first-order valence-corrected chi connectivity index (χ1v) is 6.64. The van der Waals surface area contributed by atoms with E-state index in [9.17, 15) is 19.5 Å². The van der Waals surface area contributed by atoms with E-state index in [1.54, 1.807) is 0 Å². The van der Waals surface area contributed by atoms with Gasteiger partial charge in [-0.1, -0.05) is 0 Å². The van der Waals surface area contributed by atoms with Crippen molar-refractivity contribution in [2.75, 3.05) is 13.2 Å². The second-order valence-electron chi connectivity index (χ2n) is 4.87. The Morgan fingerprint density at radius 1 is 1.35 bits per heavy atom. The van der Waals surface area contributed by atoms with E-state index in [1.165, 1.54) is 4.90 Å². The topological polar surface area (TPSA) is 133 Å². The molecule has 1 rings (SSSR count). The van der Waals surface area contributed by atoms with Gasteiger partial charge in [0.2, 0.25) is 5.91 Å². The van der Waals surface area contributed by atoms with E-state index in [0.29, 0.717) is 13.0 Å². The Bertz CT molecular complexity index is 374. The van der Waals surface area contributed by atoms with Crippen molar-refractivity contribution in [2.45, 2.75) is 44.2 Å². The van der Waals surface area contributed by atoms with Crippen molar-refractivity contribution in [1.29, 1.82) is 0 Å². The molecular formula is C12H21N3O5. The lowest BCUT2D eigenvalue weighted by Crippen LogP contribution is -2.54. The molecule has 8 heteroatoms. The standard InChI is InChI=1S/C12H21N3O5/c13-10(17)5-4-9(11(18)19)14-12(20)15-6-2-1-3-8(15)7-16/h8-9,16H,1-7H2,(H2,13,17)(H,14,20)(H,18,19)/t8?,9-/m0/s1. The number of carbonyl (C=O) groups excluding carboxylic acids is 2. The molecule has 1 heterocycles. The number of nitrogens with one attached hydrogen (secondary N) is 1. The minimum Gasteiger partial charge on any atom is -0.480 e. The Morgan fingerprint density at radius 2 is 2.05 bits per heavy atom. The molecule has 3 amide bonds. The fourth-order valence-electron chi connectivity index (χ4n) is 2.23. The maximum absolute atomic E-state index is 12.1. The fraction of sp³-hybridized carbons (Fsp3) is 0.750. The van der Waals surface area contributed by atoms with Gasteiger partial charge in [-0.2, -0.15) is 0 Å². The monoisotopic (exact) mass is 287 g/mol. The number of aliphatic hydroxyl groups is 1. The van der Waals surface area contributed by atoms with Crippen LogP contribution in [0.2, 0.25) is 0 Å². The lowest BCUT2D eigenvalue weighted by Gasteiger charge is -2.35. The Hall–Kier alpha value is -1.83. The number of likely N-dealkylation sites (tertiary alicyclic amines) is 1. The van der Waals surface area contributed by atoms with Gasteiger partial charge in [-0.25, -0.2) is 9.59 Å². The predicted molar refractivity (Wildman–Crippen MR) is 69.8 cm³/mol. The van der Waals surface area contributed by atoms with Crippen LogP contribution in [0.1, 0.15) is 32.1 Å². The van der Waals surface area contributed by atoms with E-state index in [4.69, 9.17) is 10.8 Å². The van der Waals surface area contributed by atoms with Gasteiger partial charge >= 0.3 is 12.0 Å². The molecule has 114 valence electrons. The first-order valence-electron chi connectivity index (χ1n) is 6.64. The largest absolute Gasteiger partial charge is 0.480 e. The third kappa shape index (κ3) is 4.69. The summed E-state index contributed by atoms with van der Waals surface area (Å²) in [4.78, 5) is 35.2. The highest BCUT2D eigenvalue weighted by Gasteiger charge is 2.29. The molecule has 20 heavy (non-hydrogen) atoms. The van der Waals surface area contributed by atoms with Crippen molar-refractivity contribution in [3.63, 3.8) is 0 Å². The summed E-state index contributed by atoms with van der Waals surface area (Å²) in [5, 5.41) is 20.6. The van der Waals surface area contributed by atoms with Crippen LogP contribution < -0.4 is 11.1 Å². The quantitative estimate of drug-likeness (QED) is 0.510. The molecule has 0 aromatic rings. The molecule has 8 nitrogen and oxygen atoms in total. The number of aliphatic carboxylic acids is 1. The SMILES string of the molecule is NC(=O)CC[C@H](NC(=O)N1CCCCC1CO)C(=O)O. The Balaban J connectivity index is 2.59. The third-order valence-corrected chi connectivity index (χ3v) is 3.37. The van der Waals surface area contributed by atoms with E-state index in [1.807, 2.05) is 0 Å². The van der Waals surface area contributed by atoms with Crippen molar-refractivity contribution in [3.8, 4) is 0 Å². The molecule has 1 saturated heterocycles. The number of primary amides is 1. The van der Waals surface area contributed by atoms with Gasteiger partial charge in [0.1, 0.15) is 6.04 Å². The minimum atomic E-state index is -1.21. The molecule has 0 radical (unpaired) electrons. The van der Waals surface area contributed by atoms with Gasteiger partial charge in [-0.05, 0) is 25.7 Å². The summed E-state index contributed by atoms with van der Waals surface area (Å²) >= 11 is 0. The maximum Gasteiger partial charge on any atom is 0.326 e. The number of hydrogen-bond acceptors (Lipinski definition) is 4. The Kier molecular flexibility index (Phi) is 6.23. The molecule has 1 aliphatic rings. The number of carbonyl (C=O) groups is 3. The number of nitrogens with zero attached hydrogens (tertiary/aromatic N) is 1. The highest BCUT2D eigenvalue weighted by Crippen LogP contribution is 2.16. The van der Waals surface area contributed by atoms with Crippen LogP contribution in [0.25, 0.3) is 0 Å². The number of rotatable bonds is 6. The molecule has 0 saturated carbocycles. The number of carboxylic acid groups (broad SMARTS) is 1. The number of piperidine rings is 1. The third-order valence-electron chi connectivity index (χ3n) is 3.37. The van der Waals surface area contributed by atoms with Gasteiger partial charge in [0, 0.05) is 13.0 Å². The smallest absolute Gasteiger partial charge is 0.326 e. The Labute approximate surface area is 116 Å². The predicted octanol–water partition coefficient (Wildman–Crippen LogP) is -0.738. The summed E-state index contributed by atoms with van der Waals surface area (Å²) in [5.74, 6) is -1.83. The van der Waals surface area contributed by atoms with E-state index in [2.05, 4.69) is 5.32 Å². The van der Waals surface area contributed by atoms with Crippen LogP contribution in [0.15, 0.2) is 0 Å². The second-order valence-corrected chi connectivity index (χ2v) is 4.87. The van der Waals surface area contributed by atoms with E-state index in [-0.39, 0.29) is 25.5 Å². The molecule has 0 spiro atoms. The summed E-state index contributed by atoms with van der Waals surface area (Å²) in [5.41, 5.74) is 4.97. The number of carboxylic acids is 1. The first-order chi connectivity index (χ1) is 9.45. The zero-order valence-electron chi connectivity index (χ0n) is 11.2. The van der Waals surface area contributed by atoms with Crippen LogP contribution in [0.4, 0.5) is 4.79 Å². The lowest BCUT2D eigenvalue weighted by atomic mass is 10.0. The van der Waals surface area contributed by atoms with Gasteiger partial charge in [0.05, 0.1) is 12.6 Å². The van der Waals surface area contributed by atoms with Gasteiger partial charge in [0.25, 0.3) is 0 Å². The first kappa shape index (κ1) is 16.2. The highest BCUT2D eigenvalue weighted by molar-refractivity contribution is 5.83. The van der Waals surface area contributed by atoms with Crippen LogP contribution in [0, 0.1) is 0 Å². The zero-order chi connectivity index (χ0) is 15.1. The van der Waals surface area contributed by atoms with E-state index < -0.39 is 23.9 Å². The van der Waals surface area contributed by atoms with Crippen LogP contribution in [-0.4, -0.2) is 58.3 Å². The summed E-state index contributed by atoms with van der Waals surface area (Å²) < 4.78 is 0. The zero-order valence-corrected chi connectivity index (χ0v) is 11.2. The number of amides is 3. The summed E-state index contributed by atoms with van der Waals surface area (Å²) in [6.07, 6.45) is 2.29. The van der Waals surface area contributed by atoms with Gasteiger partial charge < -0.3 is 26.2 Å². The van der Waals surface area contributed by atoms with Crippen molar-refractivity contribution in [1.82, 2.24) is 10.2 Å². The van der Waals surface area contributed by atoms with E-state index >= 15 is 0 Å². The molecule has 1 unspecified atom stereocenters. The number of nitrogens with two attached hydrogens (primary N) is 1. The summed E-state index contributed by atoms with van der Waals surface area (Å²) in [7, 11) is 0. The number of hydrogen-bond donors (Lipinski definition) is 4. The average Bonchev–Trinajstić information content (AvgIpc) is 2.42. The normalized spacial score (nSPS) is 20.2. The molecule has 0 aromatic carbocycles. The van der Waals surface area contributed by atoms with Crippen LogP contribution >= 0.6 is 0 Å². The molecule has 0 aliphatic carbocycles. The molecule has 5 N–H and O–H groups in total. The molecular weight excluding hydrogens is 266 g/mol. The van der Waals surface area contributed by atoms with Gasteiger partial charge in [-0.3, -0.25) is 4.79 Å². The molecule has 0 aromatic heterocycles. The Morgan fingerprint density at radius 3 is 2.60 bits per heavy atom. The van der Waals surface area contributed by atoms with Crippen LogP contribution in [0.5, 0.6) is 0 Å². The van der Waals surface area contributed by atoms with Gasteiger partial charge in [-0.15, -0.1) is 0 Å². The molecule has 1 aliphatic heterocycles. The second kappa shape index (κ2) is 7.68. The van der Waals surface area contributed by atoms with Gasteiger partial charge in [0.15, 0.2) is 0 Å². The average molecular weight is 287 g/mol. The number of aliphatic hydroxyl groups excluding tert-OH is 1. The fourth-order valence-corrected chi connectivity index (χ4v) is 2.23. The van der Waals surface area contributed by atoms with Crippen molar-refractivity contribution in [3.05, 3.63) is 0 Å². The maximum atomic E-state index is 12.1.